The number of rotatable bonds is 4. The maximum Gasteiger partial charge on any atom is 0.148 e. The van der Waals surface area contributed by atoms with Crippen LogP contribution in [-0.2, 0) is 0 Å². The van der Waals surface area contributed by atoms with Crippen LogP contribution in [0.5, 0.6) is 5.75 Å². The first-order chi connectivity index (χ1) is 9.19. The first-order valence-corrected chi connectivity index (χ1v) is 7.42. The van der Waals surface area contributed by atoms with Gasteiger partial charge < -0.3 is 4.74 Å². The molecule has 0 atom stereocenters. The average molecular weight is 366 g/mol. The number of hydrogen-bond acceptors (Lipinski definition) is 3. The molecule has 3 nitrogen and oxygen atoms in total. The molecule has 0 amide bonds. The van der Waals surface area contributed by atoms with E-state index in [0.717, 1.165) is 27.3 Å². The predicted molar refractivity (Wildman–Crippen MR) is 84.2 cm³/mol. The van der Waals surface area contributed by atoms with Crippen molar-refractivity contribution in [3.63, 3.8) is 0 Å². The fourth-order valence-electron chi connectivity index (χ4n) is 1.97. The molecular formula is C15H15IN2O. The van der Waals surface area contributed by atoms with Crippen LogP contribution in [0.15, 0.2) is 24.4 Å². The van der Waals surface area contributed by atoms with E-state index in [9.17, 15) is 5.26 Å². The molecule has 1 aromatic carbocycles. The fraction of sp³-hybridized carbons (Fsp3) is 0.333. The van der Waals surface area contributed by atoms with Crippen LogP contribution in [0.25, 0.3) is 10.9 Å². The number of ether oxygens (including phenoxy) is 1. The van der Waals surface area contributed by atoms with Crippen molar-refractivity contribution in [1.82, 2.24) is 4.98 Å². The number of nitrogens with zero attached hydrogens (tertiary/aromatic N) is 2. The van der Waals surface area contributed by atoms with Crippen LogP contribution in [0, 0.1) is 14.9 Å². The normalized spacial score (nSPS) is 10.7. The lowest BCUT2D eigenvalue weighted by Gasteiger charge is -2.18. The van der Waals surface area contributed by atoms with Gasteiger partial charge in [-0.25, -0.2) is 0 Å². The van der Waals surface area contributed by atoms with E-state index in [1.54, 1.807) is 6.20 Å². The van der Waals surface area contributed by atoms with Gasteiger partial charge in [-0.1, -0.05) is 13.8 Å². The van der Waals surface area contributed by atoms with Gasteiger partial charge in [0.15, 0.2) is 0 Å². The number of pyridine rings is 1. The third kappa shape index (κ3) is 2.98. The van der Waals surface area contributed by atoms with Crippen molar-refractivity contribution in [3.05, 3.63) is 33.5 Å². The highest BCUT2D eigenvalue weighted by atomic mass is 127. The number of hydrogen-bond donors (Lipinski definition) is 0. The Bertz CT molecular complexity index is 630. The number of nitriles is 1. The lowest BCUT2D eigenvalue weighted by atomic mass is 10.1. The van der Waals surface area contributed by atoms with Gasteiger partial charge in [0, 0.05) is 15.2 Å². The van der Waals surface area contributed by atoms with E-state index in [1.807, 2.05) is 18.2 Å². The molecule has 0 saturated carbocycles. The Morgan fingerprint density at radius 2 is 2.11 bits per heavy atom. The van der Waals surface area contributed by atoms with Crippen LogP contribution >= 0.6 is 22.6 Å². The maximum absolute atomic E-state index is 9.23. The van der Waals surface area contributed by atoms with E-state index in [-0.39, 0.29) is 6.10 Å². The minimum Gasteiger partial charge on any atom is -0.488 e. The third-order valence-electron chi connectivity index (χ3n) is 3.10. The maximum atomic E-state index is 9.23. The molecule has 0 radical (unpaired) electrons. The van der Waals surface area contributed by atoms with E-state index in [1.165, 1.54) is 0 Å². The molecule has 0 spiro atoms. The lowest BCUT2D eigenvalue weighted by molar-refractivity contribution is 0.195. The Labute approximate surface area is 126 Å². The smallest absolute Gasteiger partial charge is 0.148 e. The Morgan fingerprint density at radius 3 is 2.74 bits per heavy atom. The van der Waals surface area contributed by atoms with Crippen LogP contribution in [0.2, 0.25) is 0 Å². The molecule has 2 rings (SSSR count). The van der Waals surface area contributed by atoms with E-state index in [2.05, 4.69) is 47.5 Å². The zero-order chi connectivity index (χ0) is 13.8. The van der Waals surface area contributed by atoms with Gasteiger partial charge in [-0.15, -0.1) is 0 Å². The number of fused-ring (bicyclic) bond motifs is 1. The molecule has 0 aliphatic rings. The molecule has 0 fully saturated rings. The molecule has 0 bridgehead atoms. The summed E-state index contributed by atoms with van der Waals surface area (Å²) < 4.78 is 7.15. The summed E-state index contributed by atoms with van der Waals surface area (Å²) in [7, 11) is 0. The van der Waals surface area contributed by atoms with Crippen LogP contribution in [0.1, 0.15) is 32.3 Å². The predicted octanol–water partition coefficient (Wildman–Crippen LogP) is 4.28. The molecule has 0 aliphatic carbocycles. The van der Waals surface area contributed by atoms with Crippen molar-refractivity contribution in [1.29, 1.82) is 5.26 Å². The summed E-state index contributed by atoms with van der Waals surface area (Å²) >= 11 is 2.25. The quantitative estimate of drug-likeness (QED) is 0.759. The second kappa shape index (κ2) is 6.20. The molecule has 2 aromatic rings. The SMILES string of the molecule is CCC(CC)Oc1c(C#N)cnc2ccc(I)cc12. The minimum atomic E-state index is 0.135. The molecule has 0 saturated heterocycles. The first-order valence-electron chi connectivity index (χ1n) is 6.34. The van der Waals surface area contributed by atoms with Gasteiger partial charge in [-0.05, 0) is 53.6 Å². The summed E-state index contributed by atoms with van der Waals surface area (Å²) in [6.07, 6.45) is 3.58. The summed E-state index contributed by atoms with van der Waals surface area (Å²) in [4.78, 5) is 4.31. The van der Waals surface area contributed by atoms with Crippen molar-refractivity contribution < 1.29 is 4.74 Å². The second-order valence-electron chi connectivity index (χ2n) is 4.33. The highest BCUT2D eigenvalue weighted by molar-refractivity contribution is 14.1. The van der Waals surface area contributed by atoms with Gasteiger partial charge in [0.1, 0.15) is 17.4 Å². The molecule has 0 N–H and O–H groups in total. The lowest BCUT2D eigenvalue weighted by Crippen LogP contribution is -2.14. The highest BCUT2D eigenvalue weighted by Gasteiger charge is 2.14. The van der Waals surface area contributed by atoms with E-state index in [0.29, 0.717) is 11.3 Å². The number of benzene rings is 1. The standard InChI is InChI=1S/C15H15IN2O/c1-3-12(4-2)19-15-10(8-17)9-18-14-6-5-11(16)7-13(14)15/h5-7,9,12H,3-4H2,1-2H3. The van der Waals surface area contributed by atoms with E-state index >= 15 is 0 Å². The van der Waals surface area contributed by atoms with Gasteiger partial charge in [0.2, 0.25) is 0 Å². The summed E-state index contributed by atoms with van der Waals surface area (Å²) in [6, 6.07) is 8.15. The van der Waals surface area contributed by atoms with E-state index < -0.39 is 0 Å². The summed E-state index contributed by atoms with van der Waals surface area (Å²) in [5, 5.41) is 10.1. The van der Waals surface area contributed by atoms with Crippen molar-refractivity contribution in [2.45, 2.75) is 32.8 Å². The molecule has 98 valence electrons. The molecule has 19 heavy (non-hydrogen) atoms. The molecule has 0 aliphatic heterocycles. The molecule has 0 unspecified atom stereocenters. The van der Waals surface area contributed by atoms with E-state index in [4.69, 9.17) is 4.74 Å². The largest absolute Gasteiger partial charge is 0.488 e. The summed E-state index contributed by atoms with van der Waals surface area (Å²) in [6.45, 7) is 4.18. The second-order valence-corrected chi connectivity index (χ2v) is 5.58. The van der Waals surface area contributed by atoms with Gasteiger partial charge >= 0.3 is 0 Å². The summed E-state index contributed by atoms with van der Waals surface area (Å²) in [5.41, 5.74) is 1.36. The minimum absolute atomic E-state index is 0.135. The molecule has 1 heterocycles. The number of halogens is 1. The molecule has 4 heteroatoms. The van der Waals surface area contributed by atoms with Crippen LogP contribution in [-0.4, -0.2) is 11.1 Å². The zero-order valence-corrected chi connectivity index (χ0v) is 13.1. The molecular weight excluding hydrogens is 351 g/mol. The highest BCUT2D eigenvalue weighted by Crippen LogP contribution is 2.30. The Morgan fingerprint density at radius 1 is 1.37 bits per heavy atom. The third-order valence-corrected chi connectivity index (χ3v) is 3.77. The van der Waals surface area contributed by atoms with Gasteiger partial charge in [0.05, 0.1) is 11.6 Å². The number of aromatic nitrogens is 1. The van der Waals surface area contributed by atoms with Gasteiger partial charge in [0.25, 0.3) is 0 Å². The zero-order valence-electron chi connectivity index (χ0n) is 11.0. The Hall–Kier alpha value is -1.35. The van der Waals surface area contributed by atoms with Gasteiger partial charge in [-0.3, -0.25) is 4.98 Å². The Balaban J connectivity index is 2.60. The first kappa shape index (κ1) is 14.1. The van der Waals surface area contributed by atoms with Crippen LogP contribution in [0.3, 0.4) is 0 Å². The van der Waals surface area contributed by atoms with Gasteiger partial charge in [-0.2, -0.15) is 5.26 Å². The van der Waals surface area contributed by atoms with Crippen molar-refractivity contribution in [2.75, 3.05) is 0 Å². The van der Waals surface area contributed by atoms with Crippen LogP contribution < -0.4 is 4.74 Å². The Kier molecular flexibility index (Phi) is 4.59. The average Bonchev–Trinajstić information content (AvgIpc) is 2.44. The fourth-order valence-corrected chi connectivity index (χ4v) is 2.46. The topological polar surface area (TPSA) is 45.9 Å². The van der Waals surface area contributed by atoms with Crippen molar-refractivity contribution in [3.8, 4) is 11.8 Å². The summed E-state index contributed by atoms with van der Waals surface area (Å²) in [5.74, 6) is 0.666. The van der Waals surface area contributed by atoms with Crippen LogP contribution in [0.4, 0.5) is 0 Å². The molecule has 1 aromatic heterocycles. The monoisotopic (exact) mass is 366 g/mol. The van der Waals surface area contributed by atoms with Crippen molar-refractivity contribution in [2.24, 2.45) is 0 Å². The van der Waals surface area contributed by atoms with Crippen molar-refractivity contribution >= 4 is 33.5 Å².